The third-order valence-electron chi connectivity index (χ3n) is 7.55. The minimum Gasteiger partial charge on any atom is -0.550 e. The molecule has 0 bridgehead atoms. The Labute approximate surface area is 346 Å². The van der Waals surface area contributed by atoms with E-state index >= 15 is 0 Å². The number of carboxylic acids is 1. The molecule has 0 aliphatic carbocycles. The van der Waals surface area contributed by atoms with Crippen LogP contribution in [-0.2, 0) is 14.4 Å². The number of carbonyl (C=O) groups is 3. The maximum absolute atomic E-state index is 11.7. The Morgan fingerprint density at radius 3 is 1.43 bits per heavy atom. The number of nitrogens with one attached hydrogen (secondary N) is 2. The number of rotatable bonds is 13. The molecule has 2 amide bonds. The first-order valence-electron chi connectivity index (χ1n) is 19.7. The molecule has 4 aromatic rings. The zero-order valence-corrected chi connectivity index (χ0v) is 36.3. The number of anilines is 2. The van der Waals surface area contributed by atoms with Crippen molar-refractivity contribution in [2.45, 2.75) is 111 Å². The van der Waals surface area contributed by atoms with Crippen LogP contribution < -0.4 is 26.5 Å². The SMILES string of the molecule is CC.CCC(=O)[O-].CCCCCC(=O)Nc1ccc(C2SCCS2)cc1.CCCCCC(=O)Nc1ccccc1.Cc1ccc(ON)cc1.Cc1ccccc1. The zero-order chi connectivity index (χ0) is 41.8. The summed E-state index contributed by atoms with van der Waals surface area (Å²) in [6.45, 7) is 13.9. The Morgan fingerprint density at radius 2 is 1.05 bits per heavy atom. The number of carboxylic acid groups (broad SMARTS) is 1. The highest BCUT2D eigenvalue weighted by atomic mass is 32.2. The van der Waals surface area contributed by atoms with Crippen LogP contribution in [0.2, 0.25) is 0 Å². The smallest absolute Gasteiger partial charge is 0.224 e. The monoisotopic (exact) mass is 804 g/mol. The number of aryl methyl sites for hydroxylation is 2. The molecule has 4 aromatic carbocycles. The van der Waals surface area contributed by atoms with Crippen LogP contribution in [0, 0.1) is 13.8 Å². The highest BCUT2D eigenvalue weighted by Crippen LogP contribution is 2.45. The van der Waals surface area contributed by atoms with E-state index in [1.54, 1.807) is 0 Å². The van der Waals surface area contributed by atoms with Crippen molar-refractivity contribution in [2.75, 3.05) is 22.1 Å². The number of hydrogen-bond acceptors (Lipinski definition) is 8. The third kappa shape index (κ3) is 28.2. The third-order valence-corrected chi connectivity index (χ3v) is 10.7. The largest absolute Gasteiger partial charge is 0.550 e. The van der Waals surface area contributed by atoms with Crippen LogP contribution in [0.3, 0.4) is 0 Å². The Hall–Kier alpha value is -4.25. The fraction of sp³-hybridized carbons (Fsp3) is 0.413. The van der Waals surface area contributed by atoms with Gasteiger partial charge in [0.25, 0.3) is 0 Å². The van der Waals surface area contributed by atoms with Gasteiger partial charge in [0.2, 0.25) is 11.8 Å². The first kappa shape index (κ1) is 51.8. The number of para-hydroxylation sites is 1. The van der Waals surface area contributed by atoms with Gasteiger partial charge >= 0.3 is 0 Å². The number of thioether (sulfide) groups is 2. The molecule has 4 N–H and O–H groups in total. The maximum atomic E-state index is 11.7. The van der Waals surface area contributed by atoms with E-state index in [1.807, 2.05) is 129 Å². The summed E-state index contributed by atoms with van der Waals surface area (Å²) in [5.41, 5.74) is 5.68. The van der Waals surface area contributed by atoms with Crippen LogP contribution in [0.5, 0.6) is 5.75 Å². The van der Waals surface area contributed by atoms with Crippen molar-refractivity contribution in [1.82, 2.24) is 0 Å². The number of nitrogens with two attached hydrogens (primary N) is 1. The van der Waals surface area contributed by atoms with E-state index in [0.717, 1.165) is 49.9 Å². The van der Waals surface area contributed by atoms with Gasteiger partial charge in [-0.1, -0.05) is 144 Å². The summed E-state index contributed by atoms with van der Waals surface area (Å²) in [6, 6.07) is 35.7. The normalized spacial score (nSPS) is 11.1. The molecule has 1 aliphatic heterocycles. The summed E-state index contributed by atoms with van der Waals surface area (Å²) in [5.74, 6) is 7.33. The summed E-state index contributed by atoms with van der Waals surface area (Å²) in [6.07, 6.45) is 7.89. The number of benzene rings is 4. The quantitative estimate of drug-likeness (QED) is 0.0898. The molecule has 10 heteroatoms. The second kappa shape index (κ2) is 35.2. The molecule has 308 valence electrons. The number of hydrogen-bond donors (Lipinski definition) is 3. The lowest BCUT2D eigenvalue weighted by Gasteiger charge is -2.10. The van der Waals surface area contributed by atoms with Crippen molar-refractivity contribution >= 4 is 52.7 Å². The van der Waals surface area contributed by atoms with Gasteiger partial charge in [-0.3, -0.25) is 9.59 Å². The van der Waals surface area contributed by atoms with Crippen molar-refractivity contribution in [3.63, 3.8) is 0 Å². The van der Waals surface area contributed by atoms with Crippen LogP contribution in [0.25, 0.3) is 0 Å². The van der Waals surface area contributed by atoms with Gasteiger partial charge in [0.1, 0.15) is 5.75 Å². The summed E-state index contributed by atoms with van der Waals surface area (Å²) in [5, 5.41) is 15.1. The van der Waals surface area contributed by atoms with Crippen molar-refractivity contribution in [3.05, 3.63) is 126 Å². The Bertz CT molecular complexity index is 1540. The van der Waals surface area contributed by atoms with Crippen LogP contribution in [-0.4, -0.2) is 29.3 Å². The Balaban J connectivity index is 0.000000718. The van der Waals surface area contributed by atoms with E-state index in [0.29, 0.717) is 23.2 Å². The molecule has 0 radical (unpaired) electrons. The molecule has 1 aliphatic rings. The zero-order valence-electron chi connectivity index (χ0n) is 34.7. The lowest BCUT2D eigenvalue weighted by molar-refractivity contribution is -0.305. The second-order valence-corrected chi connectivity index (χ2v) is 15.1. The summed E-state index contributed by atoms with van der Waals surface area (Å²) in [7, 11) is 0. The van der Waals surface area contributed by atoms with Crippen LogP contribution >= 0.6 is 23.5 Å². The van der Waals surface area contributed by atoms with Gasteiger partial charge in [0.15, 0.2) is 0 Å². The molecule has 8 nitrogen and oxygen atoms in total. The molecule has 0 aromatic heterocycles. The van der Waals surface area contributed by atoms with E-state index in [2.05, 4.69) is 60.5 Å². The second-order valence-electron chi connectivity index (χ2n) is 12.4. The van der Waals surface area contributed by atoms with Crippen molar-refractivity contribution in [3.8, 4) is 5.75 Å². The van der Waals surface area contributed by atoms with Crippen LogP contribution in [0.1, 0.15) is 114 Å². The average Bonchev–Trinajstić information content (AvgIpc) is 3.77. The first-order chi connectivity index (χ1) is 27.1. The molecule has 56 heavy (non-hydrogen) atoms. The lowest BCUT2D eigenvalue weighted by atomic mass is 10.2. The fourth-order valence-corrected chi connectivity index (χ4v) is 7.32. The molecular weight excluding hydrogens is 739 g/mol. The van der Waals surface area contributed by atoms with Gasteiger partial charge in [0, 0.05) is 41.7 Å². The maximum Gasteiger partial charge on any atom is 0.224 e. The van der Waals surface area contributed by atoms with Crippen molar-refractivity contribution in [2.24, 2.45) is 5.90 Å². The van der Waals surface area contributed by atoms with Gasteiger partial charge in [-0.05, 0) is 75.1 Å². The fourth-order valence-electron chi connectivity index (χ4n) is 4.47. The lowest BCUT2D eigenvalue weighted by Crippen LogP contribution is -2.19. The predicted molar refractivity (Wildman–Crippen MR) is 240 cm³/mol. The van der Waals surface area contributed by atoms with E-state index in [9.17, 15) is 19.5 Å². The number of carbonyl (C=O) groups excluding carboxylic acids is 3. The Kier molecular flexibility index (Phi) is 32.5. The highest BCUT2D eigenvalue weighted by molar-refractivity contribution is 8.19. The van der Waals surface area contributed by atoms with Gasteiger partial charge < -0.3 is 25.4 Å². The molecule has 0 spiro atoms. The molecule has 5 rings (SSSR count). The van der Waals surface area contributed by atoms with Gasteiger partial charge in [-0.2, -0.15) is 5.90 Å². The van der Waals surface area contributed by atoms with Gasteiger partial charge in [0.05, 0.1) is 4.58 Å². The Morgan fingerprint density at radius 1 is 0.643 bits per heavy atom. The summed E-state index contributed by atoms with van der Waals surface area (Å²) >= 11 is 4.01. The number of unbranched alkanes of at least 4 members (excludes halogenated alkanes) is 4. The molecule has 1 fully saturated rings. The standard InChI is InChI=1S/C15H21NOS2.C12H17NO.C7H9NO.C7H8.C3H6O2.C2H6/c1-2-3-4-5-14(17)16-13-8-6-12(7-9-13)15-18-10-11-19-15;1-2-3-5-10-12(14)13-11-8-6-4-7-9-11;1-6-2-4-7(9-8)5-3-6;1-7-5-3-2-4-6-7;1-2-3(4)5;1-2/h6-9,15H,2-5,10-11H2,1H3,(H,16,17);4,6-9H,2-3,5,10H2,1H3,(H,13,14);2-5H,8H2,1H3;2-6H,1H3;2H2,1H3,(H,4,5);1-2H3/p-1. The van der Waals surface area contributed by atoms with Crippen molar-refractivity contribution in [1.29, 1.82) is 0 Å². The summed E-state index contributed by atoms with van der Waals surface area (Å²) in [4.78, 5) is 36.8. The number of aliphatic carboxylic acids is 1. The number of amides is 2. The summed E-state index contributed by atoms with van der Waals surface area (Å²) < 4.78 is 0.578. The van der Waals surface area contributed by atoms with E-state index in [1.165, 1.54) is 35.1 Å². The van der Waals surface area contributed by atoms with E-state index in [4.69, 9.17) is 5.90 Å². The molecule has 0 atom stereocenters. The molecule has 0 saturated carbocycles. The van der Waals surface area contributed by atoms with E-state index < -0.39 is 5.97 Å². The molecule has 0 unspecified atom stereocenters. The average molecular weight is 805 g/mol. The topological polar surface area (TPSA) is 134 Å². The molecule has 1 saturated heterocycles. The predicted octanol–water partition coefficient (Wildman–Crippen LogP) is 11.3. The minimum absolute atomic E-state index is 0.111. The minimum atomic E-state index is -0.995. The van der Waals surface area contributed by atoms with Gasteiger partial charge in [-0.15, -0.1) is 23.5 Å². The highest BCUT2D eigenvalue weighted by Gasteiger charge is 2.17. The van der Waals surface area contributed by atoms with Crippen molar-refractivity contribution < 1.29 is 24.3 Å². The molecule has 1 heterocycles. The molecular formula is C46H66N3O5S2-. The van der Waals surface area contributed by atoms with E-state index in [-0.39, 0.29) is 18.2 Å². The first-order valence-corrected chi connectivity index (χ1v) is 21.8. The van der Waals surface area contributed by atoms with Crippen LogP contribution in [0.4, 0.5) is 11.4 Å². The van der Waals surface area contributed by atoms with Gasteiger partial charge in [-0.25, -0.2) is 0 Å². The van der Waals surface area contributed by atoms with Crippen LogP contribution in [0.15, 0.2) is 109 Å².